The maximum Gasteiger partial charge on any atom is 0.251 e. The van der Waals surface area contributed by atoms with E-state index in [2.05, 4.69) is 5.32 Å². The molecule has 122 valence electrons. The van der Waals surface area contributed by atoms with E-state index in [1.807, 2.05) is 31.2 Å². The number of rotatable bonds is 7. The highest BCUT2D eigenvalue weighted by molar-refractivity contribution is 5.95. The van der Waals surface area contributed by atoms with Crippen molar-refractivity contribution in [1.29, 1.82) is 0 Å². The van der Waals surface area contributed by atoms with Gasteiger partial charge >= 0.3 is 0 Å². The lowest BCUT2D eigenvalue weighted by Gasteiger charge is -2.14. The van der Waals surface area contributed by atoms with Gasteiger partial charge in [-0.2, -0.15) is 0 Å². The van der Waals surface area contributed by atoms with Gasteiger partial charge < -0.3 is 19.5 Å². The lowest BCUT2D eigenvalue weighted by Crippen LogP contribution is -2.28. The van der Waals surface area contributed by atoms with E-state index in [4.69, 9.17) is 14.2 Å². The van der Waals surface area contributed by atoms with E-state index in [1.54, 1.807) is 32.4 Å². The first kappa shape index (κ1) is 16.7. The van der Waals surface area contributed by atoms with Gasteiger partial charge in [0.15, 0.2) is 11.5 Å². The van der Waals surface area contributed by atoms with Gasteiger partial charge in [-0.3, -0.25) is 4.79 Å². The van der Waals surface area contributed by atoms with Crippen molar-refractivity contribution in [3.05, 3.63) is 53.6 Å². The second-order valence-corrected chi connectivity index (χ2v) is 4.91. The van der Waals surface area contributed by atoms with Crippen LogP contribution in [0, 0.1) is 6.92 Å². The minimum absolute atomic E-state index is 0.107. The topological polar surface area (TPSA) is 56.8 Å². The van der Waals surface area contributed by atoms with Crippen molar-refractivity contribution in [2.24, 2.45) is 0 Å². The van der Waals surface area contributed by atoms with E-state index in [0.29, 0.717) is 36.0 Å². The quantitative estimate of drug-likeness (QED) is 0.798. The van der Waals surface area contributed by atoms with Crippen LogP contribution in [0.4, 0.5) is 0 Å². The van der Waals surface area contributed by atoms with Crippen LogP contribution in [0.25, 0.3) is 0 Å². The van der Waals surface area contributed by atoms with Crippen LogP contribution in [-0.2, 0) is 0 Å². The molecule has 0 spiro atoms. The third-order valence-electron chi connectivity index (χ3n) is 3.40. The monoisotopic (exact) mass is 315 g/mol. The van der Waals surface area contributed by atoms with E-state index >= 15 is 0 Å². The summed E-state index contributed by atoms with van der Waals surface area (Å²) in [5.41, 5.74) is 1.62. The number of hydrogen-bond donors (Lipinski definition) is 1. The molecule has 0 saturated heterocycles. The van der Waals surface area contributed by atoms with Gasteiger partial charge in [-0.15, -0.1) is 0 Å². The molecule has 0 aliphatic carbocycles. The minimum atomic E-state index is -0.107. The van der Waals surface area contributed by atoms with Crippen molar-refractivity contribution in [2.45, 2.75) is 6.92 Å². The third kappa shape index (κ3) is 4.16. The molecule has 2 rings (SSSR count). The van der Waals surface area contributed by atoms with E-state index in [0.717, 1.165) is 5.56 Å². The number of methoxy groups -OCH3 is 2. The fraction of sp³-hybridized carbons (Fsp3) is 0.278. The summed E-state index contributed by atoms with van der Waals surface area (Å²) in [5.74, 6) is 1.62. The normalized spacial score (nSPS) is 10.0. The fourth-order valence-corrected chi connectivity index (χ4v) is 2.22. The first-order chi connectivity index (χ1) is 11.2. The smallest absolute Gasteiger partial charge is 0.251 e. The minimum Gasteiger partial charge on any atom is -0.493 e. The van der Waals surface area contributed by atoms with Gasteiger partial charge in [-0.25, -0.2) is 0 Å². The number of nitrogens with one attached hydrogen (secondary N) is 1. The summed E-state index contributed by atoms with van der Waals surface area (Å²) < 4.78 is 16.2. The van der Waals surface area contributed by atoms with Crippen LogP contribution in [0.2, 0.25) is 0 Å². The highest BCUT2D eigenvalue weighted by Crippen LogP contribution is 2.36. The average molecular weight is 315 g/mol. The number of carbonyl (C=O) groups is 1. The molecule has 5 nitrogen and oxygen atoms in total. The summed E-state index contributed by atoms with van der Waals surface area (Å²) in [6.07, 6.45) is 0. The first-order valence-corrected chi connectivity index (χ1v) is 7.35. The van der Waals surface area contributed by atoms with E-state index < -0.39 is 0 Å². The molecule has 1 amide bonds. The highest BCUT2D eigenvalue weighted by atomic mass is 16.5. The average Bonchev–Trinajstić information content (AvgIpc) is 2.58. The molecule has 1 N–H and O–H groups in total. The summed E-state index contributed by atoms with van der Waals surface area (Å²) in [7, 11) is 3.13. The molecule has 0 aliphatic rings. The molecule has 0 unspecified atom stereocenters. The molecule has 0 bridgehead atoms. The molecule has 2 aromatic rings. The number of para-hydroxylation sites is 1. The zero-order chi connectivity index (χ0) is 16.7. The maximum absolute atomic E-state index is 12.1. The number of amides is 1. The van der Waals surface area contributed by atoms with Crippen LogP contribution in [-0.4, -0.2) is 33.3 Å². The molecular formula is C18H21NO4. The SMILES string of the molecule is COc1cccc(OCCNC(=O)c2ccccc2C)c1OC. The Labute approximate surface area is 136 Å². The lowest BCUT2D eigenvalue weighted by atomic mass is 10.1. The molecule has 5 heteroatoms. The molecule has 0 heterocycles. The van der Waals surface area contributed by atoms with Gasteiger partial charge in [0, 0.05) is 5.56 Å². The van der Waals surface area contributed by atoms with E-state index in [9.17, 15) is 4.79 Å². The lowest BCUT2D eigenvalue weighted by molar-refractivity contribution is 0.0946. The number of ether oxygens (including phenoxy) is 3. The van der Waals surface area contributed by atoms with Crippen molar-refractivity contribution >= 4 is 5.91 Å². The van der Waals surface area contributed by atoms with Crippen molar-refractivity contribution in [3.63, 3.8) is 0 Å². The van der Waals surface area contributed by atoms with Gasteiger partial charge in [-0.05, 0) is 30.7 Å². The Kier molecular flexibility index (Phi) is 5.86. The predicted octanol–water partition coefficient (Wildman–Crippen LogP) is 2.82. The Balaban J connectivity index is 1.89. The summed E-state index contributed by atoms with van der Waals surface area (Å²) in [4.78, 5) is 12.1. The number of carbonyl (C=O) groups excluding carboxylic acids is 1. The third-order valence-corrected chi connectivity index (χ3v) is 3.40. The van der Waals surface area contributed by atoms with E-state index in [1.165, 1.54) is 0 Å². The standard InChI is InChI=1S/C18H21NO4/c1-13-7-4-5-8-14(13)18(20)19-11-12-23-16-10-6-9-15(21-2)17(16)22-3/h4-10H,11-12H2,1-3H3,(H,19,20). The summed E-state index contributed by atoms with van der Waals surface area (Å²) >= 11 is 0. The zero-order valence-corrected chi connectivity index (χ0v) is 13.6. The summed E-state index contributed by atoms with van der Waals surface area (Å²) in [6, 6.07) is 12.9. The van der Waals surface area contributed by atoms with Crippen LogP contribution in [0.5, 0.6) is 17.2 Å². The Morgan fingerprint density at radius 3 is 2.43 bits per heavy atom. The number of hydrogen-bond acceptors (Lipinski definition) is 4. The van der Waals surface area contributed by atoms with Crippen molar-refractivity contribution < 1.29 is 19.0 Å². The second kappa shape index (κ2) is 8.08. The molecule has 0 atom stereocenters. The molecule has 2 aromatic carbocycles. The molecule has 0 radical (unpaired) electrons. The molecule has 0 saturated carbocycles. The summed E-state index contributed by atoms with van der Waals surface area (Å²) in [5, 5.41) is 2.84. The van der Waals surface area contributed by atoms with Gasteiger partial charge in [0.2, 0.25) is 5.75 Å². The Morgan fingerprint density at radius 2 is 1.74 bits per heavy atom. The fourth-order valence-electron chi connectivity index (χ4n) is 2.22. The first-order valence-electron chi connectivity index (χ1n) is 7.35. The molecular weight excluding hydrogens is 294 g/mol. The van der Waals surface area contributed by atoms with Crippen LogP contribution in [0.15, 0.2) is 42.5 Å². The zero-order valence-electron chi connectivity index (χ0n) is 13.6. The Morgan fingerprint density at radius 1 is 1.00 bits per heavy atom. The van der Waals surface area contributed by atoms with Gasteiger partial charge in [0.05, 0.1) is 20.8 Å². The van der Waals surface area contributed by atoms with Crippen molar-refractivity contribution in [3.8, 4) is 17.2 Å². The molecule has 0 fully saturated rings. The largest absolute Gasteiger partial charge is 0.493 e. The number of benzene rings is 2. The van der Waals surface area contributed by atoms with Crippen LogP contribution in [0.3, 0.4) is 0 Å². The van der Waals surface area contributed by atoms with Gasteiger partial charge in [0.25, 0.3) is 5.91 Å². The van der Waals surface area contributed by atoms with Crippen LogP contribution in [0.1, 0.15) is 15.9 Å². The predicted molar refractivity (Wildman–Crippen MR) is 88.6 cm³/mol. The Bertz CT molecular complexity index is 670. The van der Waals surface area contributed by atoms with Gasteiger partial charge in [0.1, 0.15) is 6.61 Å². The van der Waals surface area contributed by atoms with Crippen molar-refractivity contribution in [1.82, 2.24) is 5.32 Å². The second-order valence-electron chi connectivity index (χ2n) is 4.91. The molecule has 0 aromatic heterocycles. The highest BCUT2D eigenvalue weighted by Gasteiger charge is 2.11. The number of aryl methyl sites for hydroxylation is 1. The Hall–Kier alpha value is -2.69. The maximum atomic E-state index is 12.1. The van der Waals surface area contributed by atoms with Crippen molar-refractivity contribution in [2.75, 3.05) is 27.4 Å². The van der Waals surface area contributed by atoms with Crippen LogP contribution < -0.4 is 19.5 Å². The van der Waals surface area contributed by atoms with Crippen LogP contribution >= 0.6 is 0 Å². The molecule has 0 aliphatic heterocycles. The van der Waals surface area contributed by atoms with E-state index in [-0.39, 0.29) is 5.91 Å². The summed E-state index contributed by atoms with van der Waals surface area (Å²) in [6.45, 7) is 2.64. The van der Waals surface area contributed by atoms with Gasteiger partial charge in [-0.1, -0.05) is 24.3 Å². The molecule has 23 heavy (non-hydrogen) atoms.